The highest BCUT2D eigenvalue weighted by Gasteiger charge is 2.17. The summed E-state index contributed by atoms with van der Waals surface area (Å²) in [4.78, 5) is 15.1. The van der Waals surface area contributed by atoms with Gasteiger partial charge in [-0.15, -0.1) is 0 Å². The number of ether oxygens (including phenoxy) is 1. The fraction of sp³-hybridized carbons (Fsp3) is 0.125. The van der Waals surface area contributed by atoms with Crippen molar-refractivity contribution in [1.82, 2.24) is 9.55 Å². The lowest BCUT2D eigenvalue weighted by molar-refractivity contribution is 0.197. The third kappa shape index (κ3) is 2.62. The lowest BCUT2D eigenvalue weighted by Gasteiger charge is -2.08. The van der Waals surface area contributed by atoms with Crippen molar-refractivity contribution in [2.45, 2.75) is 13.5 Å². The van der Waals surface area contributed by atoms with Crippen LogP contribution in [-0.2, 0) is 6.61 Å². The second kappa shape index (κ2) is 5.69. The van der Waals surface area contributed by atoms with E-state index in [1.165, 1.54) is 36.5 Å². The van der Waals surface area contributed by atoms with Crippen molar-refractivity contribution in [2.24, 2.45) is 0 Å². The molecule has 118 valence electrons. The van der Waals surface area contributed by atoms with Crippen LogP contribution in [-0.4, -0.2) is 25.9 Å². The van der Waals surface area contributed by atoms with Crippen LogP contribution in [0.25, 0.3) is 10.9 Å². The first-order valence-corrected chi connectivity index (χ1v) is 6.78. The van der Waals surface area contributed by atoms with Gasteiger partial charge in [-0.25, -0.2) is 13.8 Å². The number of carboxylic acid groups (broad SMARTS) is 1. The fourth-order valence-corrected chi connectivity index (χ4v) is 2.42. The molecule has 23 heavy (non-hydrogen) atoms. The zero-order chi connectivity index (χ0) is 16.6. The van der Waals surface area contributed by atoms with Gasteiger partial charge in [0.25, 0.3) is 0 Å². The topological polar surface area (TPSA) is 84.6 Å². The molecule has 0 saturated heterocycles. The molecule has 2 heterocycles. The number of nitrogens with zero attached hydrogens (tertiary/aromatic N) is 2. The molecule has 3 aromatic rings. The average Bonchev–Trinajstić information content (AvgIpc) is 2.87. The van der Waals surface area contributed by atoms with E-state index in [9.17, 15) is 14.3 Å². The van der Waals surface area contributed by atoms with E-state index in [2.05, 4.69) is 4.98 Å². The summed E-state index contributed by atoms with van der Waals surface area (Å²) in [6.07, 6.45) is 0.273. The molecular formula is C16H13FN2O4. The molecule has 2 aromatic heterocycles. The van der Waals surface area contributed by atoms with Crippen molar-refractivity contribution < 1.29 is 24.1 Å². The summed E-state index contributed by atoms with van der Waals surface area (Å²) < 4.78 is 21.1. The van der Waals surface area contributed by atoms with Crippen LogP contribution >= 0.6 is 0 Å². The number of hydrogen-bond donors (Lipinski definition) is 2. The zero-order valence-corrected chi connectivity index (χ0v) is 12.2. The van der Waals surface area contributed by atoms with Gasteiger partial charge in [0.2, 0.25) is 0 Å². The quantitative estimate of drug-likeness (QED) is 0.774. The van der Waals surface area contributed by atoms with Crippen LogP contribution in [0.5, 0.6) is 11.5 Å². The number of aliphatic hydroxyl groups excluding tert-OH is 1. The van der Waals surface area contributed by atoms with Crippen molar-refractivity contribution in [3.8, 4) is 11.5 Å². The van der Waals surface area contributed by atoms with E-state index in [4.69, 9.17) is 9.84 Å². The molecular weight excluding hydrogens is 303 g/mol. The summed E-state index contributed by atoms with van der Waals surface area (Å²) in [6, 6.07) is 7.35. The Kier molecular flexibility index (Phi) is 3.71. The van der Waals surface area contributed by atoms with E-state index >= 15 is 0 Å². The Morgan fingerprint density at radius 1 is 1.35 bits per heavy atom. The maximum Gasteiger partial charge on any atom is 0.416 e. The number of aryl methyl sites for hydroxylation is 1. The Hall–Kier alpha value is -2.93. The second-order valence-electron chi connectivity index (χ2n) is 4.96. The number of fused-ring (bicyclic) bond motifs is 1. The first-order valence-electron chi connectivity index (χ1n) is 6.78. The molecule has 1 aromatic carbocycles. The van der Waals surface area contributed by atoms with Crippen molar-refractivity contribution >= 4 is 17.0 Å². The van der Waals surface area contributed by atoms with Crippen LogP contribution < -0.4 is 4.74 Å². The van der Waals surface area contributed by atoms with E-state index in [0.29, 0.717) is 17.1 Å². The Morgan fingerprint density at radius 2 is 2.13 bits per heavy atom. The number of hydrogen-bond acceptors (Lipinski definition) is 4. The Balaban J connectivity index is 2.05. The number of rotatable bonds is 3. The normalized spacial score (nSPS) is 10.9. The minimum atomic E-state index is -1.17. The van der Waals surface area contributed by atoms with Crippen molar-refractivity contribution in [1.29, 1.82) is 0 Å². The molecule has 0 aliphatic heterocycles. The molecule has 0 spiro atoms. The molecule has 0 radical (unpaired) electrons. The van der Waals surface area contributed by atoms with E-state index in [0.717, 1.165) is 4.57 Å². The molecule has 0 saturated carbocycles. The van der Waals surface area contributed by atoms with Crippen LogP contribution in [0.4, 0.5) is 9.18 Å². The van der Waals surface area contributed by atoms with Crippen LogP contribution in [0.3, 0.4) is 0 Å². The molecule has 6 nitrogen and oxygen atoms in total. The number of aliphatic hydroxyl groups is 1. The van der Waals surface area contributed by atoms with Gasteiger partial charge < -0.3 is 14.9 Å². The van der Waals surface area contributed by atoms with E-state index in [-0.39, 0.29) is 23.3 Å². The van der Waals surface area contributed by atoms with Crippen LogP contribution in [0, 0.1) is 12.7 Å². The van der Waals surface area contributed by atoms with Gasteiger partial charge in [0.15, 0.2) is 11.6 Å². The van der Waals surface area contributed by atoms with Gasteiger partial charge in [0.05, 0.1) is 17.8 Å². The molecule has 0 amide bonds. The summed E-state index contributed by atoms with van der Waals surface area (Å²) in [6.45, 7) is 1.34. The summed E-state index contributed by atoms with van der Waals surface area (Å²) >= 11 is 0. The minimum absolute atomic E-state index is 0.0323. The summed E-state index contributed by atoms with van der Waals surface area (Å²) in [5.74, 6) is -0.347. The summed E-state index contributed by atoms with van der Waals surface area (Å²) in [5.41, 5.74) is 1.07. The van der Waals surface area contributed by atoms with Gasteiger partial charge >= 0.3 is 6.09 Å². The minimum Gasteiger partial charge on any atom is -0.464 e. The molecule has 0 fully saturated rings. The third-order valence-corrected chi connectivity index (χ3v) is 3.44. The number of aromatic nitrogens is 2. The van der Waals surface area contributed by atoms with Crippen LogP contribution in [0.1, 0.15) is 11.4 Å². The van der Waals surface area contributed by atoms with Gasteiger partial charge in [-0.05, 0) is 31.2 Å². The number of carbonyl (C=O) groups is 1. The maximum atomic E-state index is 14.6. The Labute approximate surface area is 130 Å². The summed E-state index contributed by atoms with van der Waals surface area (Å²) in [7, 11) is 0. The fourth-order valence-electron chi connectivity index (χ4n) is 2.42. The maximum absolute atomic E-state index is 14.6. The molecule has 0 bridgehead atoms. The summed E-state index contributed by atoms with van der Waals surface area (Å²) in [5, 5.41) is 18.4. The van der Waals surface area contributed by atoms with E-state index in [1.54, 1.807) is 6.92 Å². The zero-order valence-electron chi connectivity index (χ0n) is 12.2. The van der Waals surface area contributed by atoms with Crippen LogP contribution in [0.2, 0.25) is 0 Å². The Morgan fingerprint density at radius 3 is 2.83 bits per heavy atom. The molecule has 0 aliphatic carbocycles. The van der Waals surface area contributed by atoms with Crippen molar-refractivity contribution in [2.75, 3.05) is 0 Å². The smallest absolute Gasteiger partial charge is 0.416 e. The first kappa shape index (κ1) is 15.0. The average molecular weight is 316 g/mol. The lowest BCUT2D eigenvalue weighted by atomic mass is 10.2. The van der Waals surface area contributed by atoms with Crippen LogP contribution in [0.15, 0.2) is 36.5 Å². The van der Waals surface area contributed by atoms with Gasteiger partial charge in [0, 0.05) is 23.3 Å². The molecule has 7 heteroatoms. The molecule has 0 unspecified atom stereocenters. The number of halogens is 1. The van der Waals surface area contributed by atoms with Gasteiger partial charge in [0.1, 0.15) is 5.75 Å². The van der Waals surface area contributed by atoms with Crippen molar-refractivity contribution in [3.63, 3.8) is 0 Å². The third-order valence-electron chi connectivity index (χ3n) is 3.44. The first-order chi connectivity index (χ1) is 11.0. The SMILES string of the molecule is Cc1cc2c(F)c(Oc3ccnc(CO)c3)ccc2n1C(=O)O. The predicted molar refractivity (Wildman–Crippen MR) is 80.3 cm³/mol. The van der Waals surface area contributed by atoms with Crippen molar-refractivity contribution in [3.05, 3.63) is 53.7 Å². The van der Waals surface area contributed by atoms with Gasteiger partial charge in [-0.2, -0.15) is 0 Å². The number of benzene rings is 1. The standard InChI is InChI=1S/C16H13FN2O4/c1-9-6-12-13(19(9)16(21)22)2-3-14(15(12)17)23-11-4-5-18-10(7-11)8-20/h2-7,20H,8H2,1H3,(H,21,22). The monoisotopic (exact) mass is 316 g/mol. The highest BCUT2D eigenvalue weighted by Crippen LogP contribution is 2.32. The predicted octanol–water partition coefficient (Wildman–Crippen LogP) is 3.29. The highest BCUT2D eigenvalue weighted by molar-refractivity contribution is 5.91. The molecule has 3 rings (SSSR count). The molecule has 0 atom stereocenters. The van der Waals surface area contributed by atoms with E-state index in [1.807, 2.05) is 0 Å². The lowest BCUT2D eigenvalue weighted by Crippen LogP contribution is -2.08. The highest BCUT2D eigenvalue weighted by atomic mass is 19.1. The number of pyridine rings is 1. The molecule has 0 aliphatic rings. The Bertz CT molecular complexity index is 904. The molecule has 2 N–H and O–H groups in total. The second-order valence-corrected chi connectivity index (χ2v) is 4.96. The van der Waals surface area contributed by atoms with Gasteiger partial charge in [-0.1, -0.05) is 0 Å². The van der Waals surface area contributed by atoms with E-state index < -0.39 is 11.9 Å². The van der Waals surface area contributed by atoms with Gasteiger partial charge in [-0.3, -0.25) is 4.98 Å². The largest absolute Gasteiger partial charge is 0.464 e.